The van der Waals surface area contributed by atoms with Gasteiger partial charge in [-0.15, -0.1) is 0 Å². The van der Waals surface area contributed by atoms with Crippen molar-refractivity contribution in [3.05, 3.63) is 107 Å². The standard InChI is InChI=1S/C25H22F3N3O/c1-16-5-9-19(10-6-16)17(2)30-24(32)22-23-20(4-3-13-31(23)15-29-22)14-18-7-11-21(12-8-18)25(26,27)28/h3-13,15,17H,14H2,1-2H3,(H,30,32)/t17-/m0/s1. The van der Waals surface area contributed by atoms with E-state index in [9.17, 15) is 18.0 Å². The summed E-state index contributed by atoms with van der Waals surface area (Å²) < 4.78 is 40.3. The molecule has 32 heavy (non-hydrogen) atoms. The zero-order valence-corrected chi connectivity index (χ0v) is 17.6. The quantitative estimate of drug-likeness (QED) is 0.433. The number of aromatic nitrogens is 2. The molecule has 2 aromatic heterocycles. The van der Waals surface area contributed by atoms with Gasteiger partial charge in [0.1, 0.15) is 6.33 Å². The first-order valence-electron chi connectivity index (χ1n) is 10.2. The van der Waals surface area contributed by atoms with E-state index in [1.807, 2.05) is 50.2 Å². The Morgan fingerprint density at radius 1 is 1.06 bits per heavy atom. The maximum Gasteiger partial charge on any atom is 0.416 e. The van der Waals surface area contributed by atoms with Crippen molar-refractivity contribution in [2.45, 2.75) is 32.5 Å². The number of pyridine rings is 1. The zero-order chi connectivity index (χ0) is 22.9. The summed E-state index contributed by atoms with van der Waals surface area (Å²) in [4.78, 5) is 17.3. The first kappa shape index (κ1) is 21.6. The molecule has 0 bridgehead atoms. The topological polar surface area (TPSA) is 46.4 Å². The van der Waals surface area contributed by atoms with Gasteiger partial charge < -0.3 is 9.72 Å². The molecule has 0 fully saturated rings. The minimum absolute atomic E-state index is 0.207. The lowest BCUT2D eigenvalue weighted by atomic mass is 10.0. The number of nitrogens with zero attached hydrogens (tertiary/aromatic N) is 2. The number of carbonyl (C=O) groups excluding carboxylic acids is 1. The lowest BCUT2D eigenvalue weighted by molar-refractivity contribution is -0.137. The normalized spacial score (nSPS) is 12.7. The van der Waals surface area contributed by atoms with Gasteiger partial charge in [-0.25, -0.2) is 4.98 Å². The van der Waals surface area contributed by atoms with Crippen LogP contribution >= 0.6 is 0 Å². The molecule has 0 saturated heterocycles. The molecule has 0 radical (unpaired) electrons. The number of alkyl halides is 3. The average molecular weight is 437 g/mol. The Hall–Kier alpha value is -3.61. The van der Waals surface area contributed by atoms with E-state index in [4.69, 9.17) is 0 Å². The van der Waals surface area contributed by atoms with Gasteiger partial charge in [0, 0.05) is 6.20 Å². The van der Waals surface area contributed by atoms with Crippen LogP contribution < -0.4 is 5.32 Å². The van der Waals surface area contributed by atoms with Gasteiger partial charge in [-0.3, -0.25) is 4.79 Å². The third-order valence-electron chi connectivity index (χ3n) is 5.46. The van der Waals surface area contributed by atoms with Crippen LogP contribution in [-0.2, 0) is 12.6 Å². The second-order valence-corrected chi connectivity index (χ2v) is 7.86. The second-order valence-electron chi connectivity index (χ2n) is 7.86. The molecule has 0 aliphatic carbocycles. The van der Waals surface area contributed by atoms with Crippen LogP contribution in [0.15, 0.2) is 73.2 Å². The molecule has 0 spiro atoms. The SMILES string of the molecule is Cc1ccc([C@H](C)NC(=O)c2ncn3cccc(Cc4ccc(C(F)(F)F)cc4)c23)cc1. The molecule has 164 valence electrons. The Labute approximate surface area is 183 Å². The summed E-state index contributed by atoms with van der Waals surface area (Å²) in [5, 5.41) is 2.99. The summed E-state index contributed by atoms with van der Waals surface area (Å²) >= 11 is 0. The molecule has 4 rings (SSSR count). The fraction of sp³-hybridized carbons (Fsp3) is 0.200. The molecule has 0 unspecified atom stereocenters. The van der Waals surface area contributed by atoms with Crippen molar-refractivity contribution in [2.24, 2.45) is 0 Å². The number of hydrogen-bond acceptors (Lipinski definition) is 2. The fourth-order valence-electron chi connectivity index (χ4n) is 3.67. The third kappa shape index (κ3) is 4.51. The van der Waals surface area contributed by atoms with Gasteiger partial charge in [0.05, 0.1) is 17.1 Å². The van der Waals surface area contributed by atoms with E-state index >= 15 is 0 Å². The van der Waals surface area contributed by atoms with Gasteiger partial charge in [-0.1, -0.05) is 48.0 Å². The summed E-state index contributed by atoms with van der Waals surface area (Å²) in [7, 11) is 0. The maximum absolute atomic E-state index is 13.0. The Morgan fingerprint density at radius 3 is 2.41 bits per heavy atom. The number of imidazole rings is 1. The Balaban J connectivity index is 1.60. The van der Waals surface area contributed by atoms with E-state index in [1.165, 1.54) is 12.1 Å². The Morgan fingerprint density at radius 2 is 1.75 bits per heavy atom. The number of fused-ring (bicyclic) bond motifs is 1. The van der Waals surface area contributed by atoms with Crippen LogP contribution in [0.3, 0.4) is 0 Å². The van der Waals surface area contributed by atoms with E-state index < -0.39 is 11.7 Å². The van der Waals surface area contributed by atoms with Crippen LogP contribution in [0.25, 0.3) is 5.52 Å². The highest BCUT2D eigenvalue weighted by atomic mass is 19.4. The molecule has 2 heterocycles. The van der Waals surface area contributed by atoms with Gasteiger partial charge in [-0.2, -0.15) is 13.2 Å². The van der Waals surface area contributed by atoms with Gasteiger partial charge in [0.2, 0.25) is 0 Å². The van der Waals surface area contributed by atoms with Crippen molar-refractivity contribution in [1.29, 1.82) is 0 Å². The number of amides is 1. The molecular formula is C25H22F3N3O. The van der Waals surface area contributed by atoms with Crippen LogP contribution in [0.1, 0.15) is 51.3 Å². The average Bonchev–Trinajstić information content (AvgIpc) is 3.19. The number of carbonyl (C=O) groups is 1. The van der Waals surface area contributed by atoms with E-state index in [0.717, 1.165) is 28.8 Å². The van der Waals surface area contributed by atoms with E-state index in [-0.39, 0.29) is 17.6 Å². The molecule has 1 atom stereocenters. The van der Waals surface area contributed by atoms with Crippen molar-refractivity contribution < 1.29 is 18.0 Å². The first-order valence-corrected chi connectivity index (χ1v) is 10.2. The van der Waals surface area contributed by atoms with Crippen LogP contribution in [-0.4, -0.2) is 15.3 Å². The largest absolute Gasteiger partial charge is 0.416 e. The molecule has 1 amide bonds. The summed E-state index contributed by atoms with van der Waals surface area (Å²) in [6.45, 7) is 3.91. The summed E-state index contributed by atoms with van der Waals surface area (Å²) in [6, 6.07) is 16.5. The van der Waals surface area contributed by atoms with Crippen molar-refractivity contribution >= 4 is 11.4 Å². The number of hydrogen-bond donors (Lipinski definition) is 1. The highest BCUT2D eigenvalue weighted by Gasteiger charge is 2.30. The fourth-order valence-corrected chi connectivity index (χ4v) is 3.67. The van der Waals surface area contributed by atoms with Crippen molar-refractivity contribution in [1.82, 2.24) is 14.7 Å². The van der Waals surface area contributed by atoms with Crippen molar-refractivity contribution in [3.8, 4) is 0 Å². The smallest absolute Gasteiger partial charge is 0.344 e. The summed E-state index contributed by atoms with van der Waals surface area (Å²) in [6.07, 6.45) is -0.638. The van der Waals surface area contributed by atoms with Crippen LogP contribution in [0.5, 0.6) is 0 Å². The lowest BCUT2D eigenvalue weighted by Gasteiger charge is -2.14. The monoisotopic (exact) mass is 437 g/mol. The number of benzene rings is 2. The minimum atomic E-state index is -4.37. The highest BCUT2D eigenvalue weighted by molar-refractivity contribution is 6.00. The number of rotatable bonds is 5. The molecule has 0 aliphatic rings. The lowest BCUT2D eigenvalue weighted by Crippen LogP contribution is -2.27. The highest BCUT2D eigenvalue weighted by Crippen LogP contribution is 2.29. The number of nitrogens with one attached hydrogen (secondary N) is 1. The Bertz CT molecular complexity index is 1240. The molecule has 2 aromatic carbocycles. The number of aryl methyl sites for hydroxylation is 1. The van der Waals surface area contributed by atoms with Gasteiger partial charge in [-0.05, 0) is 55.2 Å². The van der Waals surface area contributed by atoms with Crippen LogP contribution in [0.4, 0.5) is 13.2 Å². The predicted octanol–water partition coefficient (Wildman–Crippen LogP) is 5.74. The van der Waals surface area contributed by atoms with E-state index in [1.54, 1.807) is 16.9 Å². The molecule has 0 aliphatic heterocycles. The van der Waals surface area contributed by atoms with Crippen LogP contribution in [0, 0.1) is 6.92 Å². The molecule has 1 N–H and O–H groups in total. The minimum Gasteiger partial charge on any atom is -0.344 e. The summed E-state index contributed by atoms with van der Waals surface area (Å²) in [5.74, 6) is -0.305. The molecule has 4 aromatic rings. The number of halogens is 3. The van der Waals surface area contributed by atoms with Gasteiger partial charge in [0.25, 0.3) is 5.91 Å². The van der Waals surface area contributed by atoms with Crippen LogP contribution in [0.2, 0.25) is 0 Å². The first-order chi connectivity index (χ1) is 15.2. The van der Waals surface area contributed by atoms with Gasteiger partial charge >= 0.3 is 6.18 Å². The molecular weight excluding hydrogens is 415 g/mol. The summed E-state index contributed by atoms with van der Waals surface area (Å²) in [5.41, 5.74) is 3.88. The van der Waals surface area contributed by atoms with Gasteiger partial charge in [0.15, 0.2) is 5.69 Å². The van der Waals surface area contributed by atoms with Crippen molar-refractivity contribution in [2.75, 3.05) is 0 Å². The van der Waals surface area contributed by atoms with E-state index in [0.29, 0.717) is 17.5 Å². The third-order valence-corrected chi connectivity index (χ3v) is 5.46. The van der Waals surface area contributed by atoms with E-state index in [2.05, 4.69) is 10.3 Å². The second kappa shape index (κ2) is 8.49. The molecule has 0 saturated carbocycles. The van der Waals surface area contributed by atoms with Crippen molar-refractivity contribution in [3.63, 3.8) is 0 Å². The maximum atomic E-state index is 13.0. The molecule has 7 heteroatoms. The predicted molar refractivity (Wildman–Crippen MR) is 117 cm³/mol. The zero-order valence-electron chi connectivity index (χ0n) is 17.6. The Kier molecular flexibility index (Phi) is 5.74. The molecule has 4 nitrogen and oxygen atoms in total.